The van der Waals surface area contributed by atoms with Gasteiger partial charge in [-0.15, -0.1) is 24.0 Å². The molecular formula is C18H20N2O2S2. The lowest BCUT2D eigenvalue weighted by molar-refractivity contribution is -0.121. The highest BCUT2D eigenvalue weighted by Crippen LogP contribution is 2.19. The zero-order valence-electron chi connectivity index (χ0n) is 13.3. The Bertz CT molecular complexity index is 708. The molecule has 1 aromatic heterocycles. The number of hydrogen-bond acceptors (Lipinski definition) is 4. The molecule has 3 rings (SSSR count). The van der Waals surface area contributed by atoms with Gasteiger partial charge in [0.15, 0.2) is 0 Å². The van der Waals surface area contributed by atoms with Crippen LogP contribution in [0.5, 0.6) is 0 Å². The maximum absolute atomic E-state index is 12.6. The van der Waals surface area contributed by atoms with Crippen LogP contribution >= 0.6 is 24.0 Å². The standard InChI is InChI=1S/C18H20N2O2S2/c21-17(12-14-4-3-11-24-14)19-13-7-9-20(10-8-13)18(22)15-5-1-2-6-16(15)23/h1-6,11,13,23H,7-10,12H2,(H,19,21). The van der Waals surface area contributed by atoms with E-state index in [2.05, 4.69) is 17.9 Å². The summed E-state index contributed by atoms with van der Waals surface area (Å²) < 4.78 is 0. The van der Waals surface area contributed by atoms with Gasteiger partial charge in [0.2, 0.25) is 5.91 Å². The molecule has 1 aliphatic rings. The van der Waals surface area contributed by atoms with Crippen LogP contribution in [-0.2, 0) is 11.2 Å². The lowest BCUT2D eigenvalue weighted by Gasteiger charge is -2.32. The summed E-state index contributed by atoms with van der Waals surface area (Å²) in [5.41, 5.74) is 0.640. The Kier molecular flexibility index (Phi) is 5.58. The van der Waals surface area contributed by atoms with Crippen molar-refractivity contribution in [1.29, 1.82) is 0 Å². The third-order valence-electron chi connectivity index (χ3n) is 4.20. The number of rotatable bonds is 4. The van der Waals surface area contributed by atoms with Gasteiger partial charge in [-0.3, -0.25) is 9.59 Å². The quantitative estimate of drug-likeness (QED) is 0.824. The molecule has 0 radical (unpaired) electrons. The lowest BCUT2D eigenvalue weighted by Crippen LogP contribution is -2.46. The molecular weight excluding hydrogens is 340 g/mol. The molecule has 0 unspecified atom stereocenters. The van der Waals surface area contributed by atoms with E-state index in [4.69, 9.17) is 0 Å². The van der Waals surface area contributed by atoms with E-state index in [0.717, 1.165) is 17.7 Å². The summed E-state index contributed by atoms with van der Waals surface area (Å²) in [7, 11) is 0. The second-order valence-corrected chi connectivity index (χ2v) is 7.42. The molecule has 1 fully saturated rings. The fourth-order valence-corrected chi connectivity index (χ4v) is 3.86. The lowest BCUT2D eigenvalue weighted by atomic mass is 10.0. The Balaban J connectivity index is 1.50. The van der Waals surface area contributed by atoms with Gasteiger partial charge in [0, 0.05) is 28.9 Å². The minimum atomic E-state index is 0.0176. The molecule has 1 aliphatic heterocycles. The number of thiophene rings is 1. The number of likely N-dealkylation sites (tertiary alicyclic amines) is 1. The van der Waals surface area contributed by atoms with Crippen molar-refractivity contribution in [3.8, 4) is 0 Å². The zero-order valence-corrected chi connectivity index (χ0v) is 15.0. The molecule has 2 heterocycles. The first-order chi connectivity index (χ1) is 11.6. The smallest absolute Gasteiger partial charge is 0.254 e. The van der Waals surface area contributed by atoms with Crippen molar-refractivity contribution in [2.75, 3.05) is 13.1 Å². The predicted octanol–water partition coefficient (Wildman–Crippen LogP) is 3.00. The van der Waals surface area contributed by atoms with Crippen molar-refractivity contribution in [2.45, 2.75) is 30.2 Å². The van der Waals surface area contributed by atoms with Gasteiger partial charge in [-0.05, 0) is 36.4 Å². The molecule has 0 atom stereocenters. The molecule has 6 heteroatoms. The summed E-state index contributed by atoms with van der Waals surface area (Å²) in [4.78, 5) is 28.2. The first-order valence-electron chi connectivity index (χ1n) is 8.02. The van der Waals surface area contributed by atoms with E-state index in [-0.39, 0.29) is 17.9 Å². The number of nitrogens with one attached hydrogen (secondary N) is 1. The van der Waals surface area contributed by atoms with Crippen LogP contribution in [0.4, 0.5) is 0 Å². The molecule has 4 nitrogen and oxygen atoms in total. The Labute approximate surface area is 151 Å². The minimum Gasteiger partial charge on any atom is -0.353 e. The number of amides is 2. The molecule has 126 valence electrons. The molecule has 0 aliphatic carbocycles. The first kappa shape index (κ1) is 17.0. The van der Waals surface area contributed by atoms with Crippen molar-refractivity contribution in [1.82, 2.24) is 10.2 Å². The van der Waals surface area contributed by atoms with E-state index in [1.54, 1.807) is 17.4 Å². The van der Waals surface area contributed by atoms with Gasteiger partial charge in [0.1, 0.15) is 0 Å². The summed E-state index contributed by atoms with van der Waals surface area (Å²) in [5.74, 6) is 0.0758. The second-order valence-electron chi connectivity index (χ2n) is 5.91. The van der Waals surface area contributed by atoms with Crippen LogP contribution in [0.2, 0.25) is 0 Å². The second kappa shape index (κ2) is 7.85. The van der Waals surface area contributed by atoms with Crippen LogP contribution < -0.4 is 5.32 Å². The first-order valence-corrected chi connectivity index (χ1v) is 9.35. The van der Waals surface area contributed by atoms with Crippen LogP contribution in [0.15, 0.2) is 46.7 Å². The van der Waals surface area contributed by atoms with Gasteiger partial charge in [-0.1, -0.05) is 18.2 Å². The van der Waals surface area contributed by atoms with Gasteiger partial charge in [0.05, 0.1) is 12.0 Å². The van der Waals surface area contributed by atoms with Crippen molar-refractivity contribution in [3.63, 3.8) is 0 Å². The van der Waals surface area contributed by atoms with E-state index in [9.17, 15) is 9.59 Å². The van der Waals surface area contributed by atoms with E-state index >= 15 is 0 Å². The van der Waals surface area contributed by atoms with Crippen molar-refractivity contribution < 1.29 is 9.59 Å². The van der Waals surface area contributed by atoms with Gasteiger partial charge in [0.25, 0.3) is 5.91 Å². The van der Waals surface area contributed by atoms with Crippen LogP contribution in [0, 0.1) is 0 Å². The average molecular weight is 361 g/mol. The van der Waals surface area contributed by atoms with Crippen LogP contribution in [0.25, 0.3) is 0 Å². The van der Waals surface area contributed by atoms with Crippen LogP contribution in [0.3, 0.4) is 0 Å². The highest BCUT2D eigenvalue weighted by atomic mass is 32.1. The summed E-state index contributed by atoms with van der Waals surface area (Å²) >= 11 is 5.95. The number of thiol groups is 1. The molecule has 2 amide bonds. The summed E-state index contributed by atoms with van der Waals surface area (Å²) in [6.07, 6.45) is 2.01. The largest absolute Gasteiger partial charge is 0.353 e. The predicted molar refractivity (Wildman–Crippen MR) is 98.8 cm³/mol. The van der Waals surface area contributed by atoms with Crippen molar-refractivity contribution in [2.24, 2.45) is 0 Å². The molecule has 0 saturated carbocycles. The SMILES string of the molecule is O=C(Cc1cccs1)NC1CCN(C(=O)c2ccccc2S)CC1. The van der Waals surface area contributed by atoms with Crippen LogP contribution in [-0.4, -0.2) is 35.8 Å². The maximum Gasteiger partial charge on any atom is 0.254 e. The molecule has 0 spiro atoms. The molecule has 0 bridgehead atoms. The average Bonchev–Trinajstić information content (AvgIpc) is 3.08. The number of carbonyl (C=O) groups is 2. The number of benzene rings is 1. The van der Waals surface area contributed by atoms with Gasteiger partial charge < -0.3 is 10.2 Å². The number of piperidine rings is 1. The van der Waals surface area contributed by atoms with Gasteiger partial charge in [-0.2, -0.15) is 0 Å². The zero-order chi connectivity index (χ0) is 16.9. The Hall–Kier alpha value is -1.79. The van der Waals surface area contributed by atoms with E-state index < -0.39 is 0 Å². The fourth-order valence-electron chi connectivity index (χ4n) is 2.90. The summed E-state index contributed by atoms with van der Waals surface area (Å²) in [6.45, 7) is 1.32. The fraction of sp³-hybridized carbons (Fsp3) is 0.333. The van der Waals surface area contributed by atoms with Gasteiger partial charge in [-0.25, -0.2) is 0 Å². The Morgan fingerprint density at radius 2 is 1.92 bits per heavy atom. The van der Waals surface area contributed by atoms with Crippen molar-refractivity contribution in [3.05, 3.63) is 52.2 Å². The summed E-state index contributed by atoms with van der Waals surface area (Å²) in [6, 6.07) is 11.4. The molecule has 24 heavy (non-hydrogen) atoms. The van der Waals surface area contributed by atoms with Gasteiger partial charge >= 0.3 is 0 Å². The topological polar surface area (TPSA) is 49.4 Å². The molecule has 1 aromatic carbocycles. The Morgan fingerprint density at radius 3 is 2.58 bits per heavy atom. The summed E-state index contributed by atoms with van der Waals surface area (Å²) in [5, 5.41) is 5.06. The van der Waals surface area contributed by atoms with Crippen molar-refractivity contribution >= 4 is 35.8 Å². The third-order valence-corrected chi connectivity index (χ3v) is 5.46. The van der Waals surface area contributed by atoms with E-state index in [1.165, 1.54) is 0 Å². The van der Waals surface area contributed by atoms with Crippen LogP contribution in [0.1, 0.15) is 28.1 Å². The molecule has 1 saturated heterocycles. The minimum absolute atomic E-state index is 0.0176. The monoisotopic (exact) mass is 360 g/mol. The normalized spacial score (nSPS) is 15.3. The van der Waals surface area contributed by atoms with E-state index in [0.29, 0.717) is 30.0 Å². The maximum atomic E-state index is 12.6. The molecule has 2 aromatic rings. The number of carbonyl (C=O) groups excluding carboxylic acids is 2. The molecule has 1 N–H and O–H groups in total. The number of hydrogen-bond donors (Lipinski definition) is 2. The highest BCUT2D eigenvalue weighted by molar-refractivity contribution is 7.80. The number of nitrogens with zero attached hydrogens (tertiary/aromatic N) is 1. The third kappa shape index (κ3) is 4.19. The highest BCUT2D eigenvalue weighted by Gasteiger charge is 2.25. The Morgan fingerprint density at radius 1 is 1.17 bits per heavy atom. The van der Waals surface area contributed by atoms with E-state index in [1.807, 2.05) is 40.6 Å².